The first-order chi connectivity index (χ1) is 12.2. The molecule has 4 nitrogen and oxygen atoms in total. The molecule has 1 amide bonds. The minimum atomic E-state index is -0.214. The van der Waals surface area contributed by atoms with Crippen LogP contribution in [-0.4, -0.2) is 19.6 Å². The van der Waals surface area contributed by atoms with Gasteiger partial charge in [-0.3, -0.25) is 15.2 Å². The maximum atomic E-state index is 12.2. The molecule has 0 bridgehead atoms. The zero-order chi connectivity index (χ0) is 17.5. The van der Waals surface area contributed by atoms with Crippen LogP contribution >= 0.6 is 0 Å². The minimum absolute atomic E-state index is 0.0545. The van der Waals surface area contributed by atoms with Gasteiger partial charge in [-0.1, -0.05) is 66.7 Å². The van der Waals surface area contributed by atoms with Crippen LogP contribution < -0.4 is 15.2 Å². The zero-order valence-corrected chi connectivity index (χ0v) is 14.1. The predicted molar refractivity (Wildman–Crippen MR) is 100 cm³/mol. The van der Waals surface area contributed by atoms with Gasteiger partial charge in [0.25, 0.3) is 5.91 Å². The van der Waals surface area contributed by atoms with E-state index in [1.807, 2.05) is 84.9 Å². The van der Waals surface area contributed by atoms with E-state index in [0.717, 1.165) is 16.8 Å². The predicted octanol–water partition coefficient (Wildman–Crippen LogP) is 3.90. The first-order valence-corrected chi connectivity index (χ1v) is 8.09. The highest BCUT2D eigenvalue weighted by Gasteiger charge is 2.10. The number of hydrazine groups is 1. The summed E-state index contributed by atoms with van der Waals surface area (Å²) in [6.45, 7) is -0.0545. The Morgan fingerprint density at radius 2 is 1.48 bits per heavy atom. The molecular weight excluding hydrogens is 312 g/mol. The van der Waals surface area contributed by atoms with Crippen molar-refractivity contribution >= 4 is 11.6 Å². The lowest BCUT2D eigenvalue weighted by atomic mass is 10.1. The molecule has 126 valence electrons. The number of amides is 1. The Morgan fingerprint density at radius 3 is 2.20 bits per heavy atom. The van der Waals surface area contributed by atoms with Crippen LogP contribution in [0.3, 0.4) is 0 Å². The highest BCUT2D eigenvalue weighted by molar-refractivity contribution is 5.80. The second-order valence-electron chi connectivity index (χ2n) is 5.58. The third kappa shape index (κ3) is 4.38. The highest BCUT2D eigenvalue weighted by atomic mass is 16.5. The van der Waals surface area contributed by atoms with Gasteiger partial charge in [0, 0.05) is 12.6 Å². The molecule has 0 aliphatic rings. The van der Waals surface area contributed by atoms with Crippen LogP contribution in [0.15, 0.2) is 84.9 Å². The molecule has 3 aromatic carbocycles. The molecule has 0 atom stereocenters. The molecule has 3 aromatic rings. The molecule has 0 saturated carbocycles. The summed E-state index contributed by atoms with van der Waals surface area (Å²) in [6.07, 6.45) is 0. The molecule has 25 heavy (non-hydrogen) atoms. The normalized spacial score (nSPS) is 10.1. The lowest BCUT2D eigenvalue weighted by Gasteiger charge is -2.20. The maximum Gasteiger partial charge on any atom is 0.276 e. The number of carbonyl (C=O) groups excluding carboxylic acids is 1. The van der Waals surface area contributed by atoms with Crippen LogP contribution in [0.1, 0.15) is 0 Å². The van der Waals surface area contributed by atoms with Crippen molar-refractivity contribution in [2.75, 3.05) is 18.7 Å². The topological polar surface area (TPSA) is 41.6 Å². The summed E-state index contributed by atoms with van der Waals surface area (Å²) in [7, 11) is 1.80. The smallest absolute Gasteiger partial charge is 0.276 e. The van der Waals surface area contributed by atoms with Gasteiger partial charge in [0.1, 0.15) is 5.75 Å². The first kappa shape index (κ1) is 16.6. The minimum Gasteiger partial charge on any atom is -0.483 e. The zero-order valence-electron chi connectivity index (χ0n) is 14.1. The number of para-hydroxylation sites is 2. The number of benzene rings is 3. The molecule has 0 aliphatic heterocycles. The fourth-order valence-corrected chi connectivity index (χ4v) is 2.53. The van der Waals surface area contributed by atoms with E-state index in [1.54, 1.807) is 12.1 Å². The molecule has 0 unspecified atom stereocenters. The van der Waals surface area contributed by atoms with Crippen molar-refractivity contribution in [1.29, 1.82) is 0 Å². The Kier molecular flexibility index (Phi) is 5.32. The van der Waals surface area contributed by atoms with Gasteiger partial charge in [-0.25, -0.2) is 0 Å². The first-order valence-electron chi connectivity index (χ1n) is 8.09. The van der Waals surface area contributed by atoms with Gasteiger partial charge in [-0.2, -0.15) is 0 Å². The molecule has 1 N–H and O–H groups in total. The summed E-state index contributed by atoms with van der Waals surface area (Å²) in [6, 6.07) is 27.3. The van der Waals surface area contributed by atoms with Gasteiger partial charge in [-0.05, 0) is 23.8 Å². The number of ether oxygens (including phenoxy) is 1. The number of hydrogen-bond acceptors (Lipinski definition) is 3. The summed E-state index contributed by atoms with van der Waals surface area (Å²) in [5, 5.41) is 1.68. The van der Waals surface area contributed by atoms with Crippen molar-refractivity contribution in [2.24, 2.45) is 0 Å². The highest BCUT2D eigenvalue weighted by Crippen LogP contribution is 2.29. The van der Waals surface area contributed by atoms with Crippen molar-refractivity contribution in [3.05, 3.63) is 84.9 Å². The van der Waals surface area contributed by atoms with Gasteiger partial charge in [0.15, 0.2) is 6.61 Å². The van der Waals surface area contributed by atoms with Crippen molar-refractivity contribution in [3.63, 3.8) is 0 Å². The monoisotopic (exact) mass is 332 g/mol. The molecule has 3 rings (SSSR count). The van der Waals surface area contributed by atoms with Crippen LogP contribution in [0.25, 0.3) is 11.1 Å². The van der Waals surface area contributed by atoms with E-state index < -0.39 is 0 Å². The average Bonchev–Trinajstić information content (AvgIpc) is 2.68. The molecule has 0 aromatic heterocycles. The van der Waals surface area contributed by atoms with Crippen molar-refractivity contribution in [2.45, 2.75) is 0 Å². The summed E-state index contributed by atoms with van der Waals surface area (Å²) >= 11 is 0. The molecule has 0 heterocycles. The Hall–Kier alpha value is -3.27. The number of anilines is 1. The van der Waals surface area contributed by atoms with E-state index in [0.29, 0.717) is 5.75 Å². The van der Waals surface area contributed by atoms with Gasteiger partial charge >= 0.3 is 0 Å². The number of nitrogens with zero attached hydrogens (tertiary/aromatic N) is 1. The standard InChI is InChI=1S/C21H20N2O2/c1-23(18-12-6-3-7-13-18)22-21(24)16-25-20-15-9-8-14-19(20)17-10-4-2-5-11-17/h2-15H,16H2,1H3,(H,22,24). The van der Waals surface area contributed by atoms with Gasteiger partial charge in [0.2, 0.25) is 0 Å². The third-order valence-electron chi connectivity index (χ3n) is 3.77. The van der Waals surface area contributed by atoms with E-state index in [-0.39, 0.29) is 12.5 Å². The quantitative estimate of drug-likeness (QED) is 0.696. The fourth-order valence-electron chi connectivity index (χ4n) is 2.53. The molecule has 0 radical (unpaired) electrons. The second-order valence-corrected chi connectivity index (χ2v) is 5.58. The second kappa shape index (κ2) is 8.02. The van der Waals surface area contributed by atoms with Crippen molar-refractivity contribution in [3.8, 4) is 16.9 Å². The molecule has 0 aliphatic carbocycles. The Balaban J connectivity index is 1.63. The maximum absolute atomic E-state index is 12.2. The van der Waals surface area contributed by atoms with E-state index in [2.05, 4.69) is 5.43 Å². The number of nitrogens with one attached hydrogen (secondary N) is 1. The van der Waals surface area contributed by atoms with Crippen LogP contribution in [-0.2, 0) is 4.79 Å². The van der Waals surface area contributed by atoms with E-state index >= 15 is 0 Å². The summed E-state index contributed by atoms with van der Waals surface area (Å²) in [4.78, 5) is 12.2. The van der Waals surface area contributed by atoms with Crippen LogP contribution in [0, 0.1) is 0 Å². The van der Waals surface area contributed by atoms with Crippen molar-refractivity contribution in [1.82, 2.24) is 5.43 Å². The lowest BCUT2D eigenvalue weighted by molar-refractivity contribution is -0.123. The van der Waals surface area contributed by atoms with Crippen LogP contribution in [0.5, 0.6) is 5.75 Å². The summed E-state index contributed by atoms with van der Waals surface area (Å²) in [5.74, 6) is 0.473. The number of hydrogen-bond donors (Lipinski definition) is 1. The molecule has 0 saturated heterocycles. The Morgan fingerprint density at radius 1 is 0.880 bits per heavy atom. The average molecular weight is 332 g/mol. The summed E-state index contributed by atoms with van der Waals surface area (Å²) < 4.78 is 5.75. The molecule has 0 fully saturated rings. The Bertz CT molecular complexity index is 820. The fraction of sp³-hybridized carbons (Fsp3) is 0.0952. The van der Waals surface area contributed by atoms with Gasteiger partial charge in [-0.15, -0.1) is 0 Å². The number of carbonyl (C=O) groups is 1. The number of rotatable bonds is 6. The summed E-state index contributed by atoms with van der Waals surface area (Å²) in [5.41, 5.74) is 5.72. The lowest BCUT2D eigenvalue weighted by Crippen LogP contribution is -2.41. The molecule has 0 spiro atoms. The Labute approximate surface area is 147 Å². The largest absolute Gasteiger partial charge is 0.483 e. The molecule has 4 heteroatoms. The molecular formula is C21H20N2O2. The van der Waals surface area contributed by atoms with Crippen LogP contribution in [0.2, 0.25) is 0 Å². The van der Waals surface area contributed by atoms with Crippen molar-refractivity contribution < 1.29 is 9.53 Å². The van der Waals surface area contributed by atoms with Gasteiger partial charge < -0.3 is 4.74 Å². The van der Waals surface area contributed by atoms with Gasteiger partial charge in [0.05, 0.1) is 5.69 Å². The van der Waals surface area contributed by atoms with E-state index in [4.69, 9.17) is 4.74 Å². The van der Waals surface area contributed by atoms with E-state index in [1.165, 1.54) is 0 Å². The third-order valence-corrected chi connectivity index (χ3v) is 3.77. The van der Waals surface area contributed by atoms with E-state index in [9.17, 15) is 4.79 Å². The van der Waals surface area contributed by atoms with Crippen LogP contribution in [0.4, 0.5) is 5.69 Å². The SMILES string of the molecule is CN(NC(=O)COc1ccccc1-c1ccccc1)c1ccccc1.